The van der Waals surface area contributed by atoms with Crippen molar-refractivity contribution in [2.45, 2.75) is 32.2 Å². The Labute approximate surface area is 179 Å². The van der Waals surface area contributed by atoms with Crippen molar-refractivity contribution in [3.05, 3.63) is 34.5 Å². The maximum Gasteiger partial charge on any atom is 0.231 e. The number of nitrogens with zero attached hydrogens (tertiary/aromatic N) is 3. The normalized spacial score (nSPS) is 18.5. The van der Waals surface area contributed by atoms with E-state index in [0.29, 0.717) is 0 Å². The summed E-state index contributed by atoms with van der Waals surface area (Å²) >= 11 is 1.84. The molecule has 0 atom stereocenters. The van der Waals surface area contributed by atoms with Gasteiger partial charge in [0.25, 0.3) is 0 Å². The van der Waals surface area contributed by atoms with Gasteiger partial charge >= 0.3 is 0 Å². The molecule has 0 unspecified atom stereocenters. The number of morpholine rings is 1. The third kappa shape index (κ3) is 3.38. The van der Waals surface area contributed by atoms with Crippen LogP contribution in [0, 0.1) is 0 Å². The van der Waals surface area contributed by atoms with Crippen molar-refractivity contribution in [1.29, 1.82) is 0 Å². The number of benzene rings is 1. The van der Waals surface area contributed by atoms with Crippen molar-refractivity contribution < 1.29 is 14.2 Å². The minimum absolute atomic E-state index is 0.276. The Balaban J connectivity index is 1.40. The first-order chi connectivity index (χ1) is 14.8. The minimum Gasteiger partial charge on any atom is -0.454 e. The quantitative estimate of drug-likeness (QED) is 0.682. The van der Waals surface area contributed by atoms with Gasteiger partial charge in [0.05, 0.1) is 25.1 Å². The van der Waals surface area contributed by atoms with E-state index >= 15 is 0 Å². The van der Waals surface area contributed by atoms with Gasteiger partial charge in [0.15, 0.2) is 11.5 Å². The van der Waals surface area contributed by atoms with E-state index in [-0.39, 0.29) is 6.79 Å². The van der Waals surface area contributed by atoms with Crippen LogP contribution in [-0.4, -0.2) is 48.0 Å². The molecule has 1 fully saturated rings. The van der Waals surface area contributed by atoms with Crippen LogP contribution in [0.15, 0.2) is 18.2 Å². The Hall–Kier alpha value is -2.42. The average Bonchev–Trinajstić information content (AvgIpc) is 3.38. The summed E-state index contributed by atoms with van der Waals surface area (Å²) in [6.07, 6.45) is 4.76. The molecule has 0 bridgehead atoms. The molecule has 1 N–H and O–H groups in total. The number of aryl methyl sites for hydroxylation is 2. The second-order valence-electron chi connectivity index (χ2n) is 7.96. The lowest BCUT2D eigenvalue weighted by Crippen LogP contribution is -2.36. The lowest BCUT2D eigenvalue weighted by atomic mass is 9.97. The molecule has 0 radical (unpaired) electrons. The molecule has 3 aromatic rings. The zero-order valence-electron chi connectivity index (χ0n) is 16.8. The fourth-order valence-corrected chi connectivity index (χ4v) is 5.71. The van der Waals surface area contributed by atoms with Gasteiger partial charge in [-0.1, -0.05) is 0 Å². The molecule has 4 heterocycles. The number of ether oxygens (including phenoxy) is 3. The van der Waals surface area contributed by atoms with Crippen molar-refractivity contribution in [2.75, 3.05) is 38.4 Å². The van der Waals surface area contributed by atoms with E-state index in [4.69, 9.17) is 24.2 Å². The second kappa shape index (κ2) is 7.68. The summed E-state index contributed by atoms with van der Waals surface area (Å²) in [7, 11) is 0. The Morgan fingerprint density at radius 3 is 2.83 bits per heavy atom. The summed E-state index contributed by atoms with van der Waals surface area (Å²) in [6.45, 7) is 4.42. The van der Waals surface area contributed by atoms with Crippen LogP contribution in [-0.2, 0) is 24.1 Å². The number of hydrogen-bond acceptors (Lipinski definition) is 8. The lowest BCUT2D eigenvalue weighted by molar-refractivity contribution is 0.0331. The highest BCUT2D eigenvalue weighted by molar-refractivity contribution is 7.19. The monoisotopic (exact) mass is 424 g/mol. The Morgan fingerprint density at radius 1 is 1.03 bits per heavy atom. The molecular weight excluding hydrogens is 400 g/mol. The van der Waals surface area contributed by atoms with E-state index in [1.807, 2.05) is 29.5 Å². The molecular formula is C22H24N4O3S. The maximum atomic E-state index is 5.55. The standard InChI is InChI=1S/C22H24N4O3S/c1-2-4-18-15(3-1)20-21(23-14-5-6-16-17(11-14)29-13-28-16)24-19(25-22(20)30-18)12-26-7-9-27-10-8-26/h5-6,11H,1-4,7-10,12-13H2,(H,23,24,25). The number of hydrogen-bond donors (Lipinski definition) is 1. The van der Waals surface area contributed by atoms with Gasteiger partial charge in [0.2, 0.25) is 6.79 Å². The van der Waals surface area contributed by atoms with Crippen LogP contribution >= 0.6 is 11.3 Å². The SMILES string of the molecule is c1cc2c(cc1Nc1nc(CN3CCOCC3)nc3sc4c(c13)CCCC4)OCO2. The summed E-state index contributed by atoms with van der Waals surface area (Å²) in [4.78, 5) is 14.9. The van der Waals surface area contributed by atoms with E-state index in [2.05, 4.69) is 10.2 Å². The van der Waals surface area contributed by atoms with Crippen LogP contribution < -0.4 is 14.8 Å². The van der Waals surface area contributed by atoms with Crippen molar-refractivity contribution in [3.63, 3.8) is 0 Å². The van der Waals surface area contributed by atoms with E-state index in [9.17, 15) is 0 Å². The van der Waals surface area contributed by atoms with Crippen LogP contribution in [0.1, 0.15) is 29.1 Å². The van der Waals surface area contributed by atoms with Gasteiger partial charge < -0.3 is 19.5 Å². The molecule has 0 amide bonds. The first kappa shape index (κ1) is 18.4. The van der Waals surface area contributed by atoms with Crippen molar-refractivity contribution in [1.82, 2.24) is 14.9 Å². The second-order valence-corrected chi connectivity index (χ2v) is 9.04. The largest absolute Gasteiger partial charge is 0.454 e. The summed E-state index contributed by atoms with van der Waals surface area (Å²) in [5.74, 6) is 3.33. The highest BCUT2D eigenvalue weighted by Gasteiger charge is 2.23. The Bertz CT molecular complexity index is 1090. The number of anilines is 2. The van der Waals surface area contributed by atoms with Crippen LogP contribution in [0.25, 0.3) is 10.2 Å². The number of nitrogens with one attached hydrogen (secondary N) is 1. The molecule has 2 aliphatic heterocycles. The van der Waals surface area contributed by atoms with Gasteiger partial charge in [-0.05, 0) is 43.4 Å². The predicted molar refractivity (Wildman–Crippen MR) is 116 cm³/mol. The van der Waals surface area contributed by atoms with E-state index < -0.39 is 0 Å². The molecule has 7 nitrogen and oxygen atoms in total. The zero-order valence-corrected chi connectivity index (χ0v) is 17.6. The number of fused-ring (bicyclic) bond motifs is 4. The molecule has 0 saturated carbocycles. The van der Waals surface area contributed by atoms with Gasteiger partial charge in [-0.2, -0.15) is 0 Å². The van der Waals surface area contributed by atoms with Crippen molar-refractivity contribution in [3.8, 4) is 11.5 Å². The van der Waals surface area contributed by atoms with Crippen LogP contribution in [0.4, 0.5) is 11.5 Å². The van der Waals surface area contributed by atoms with Crippen LogP contribution in [0.3, 0.4) is 0 Å². The number of aromatic nitrogens is 2. The maximum absolute atomic E-state index is 5.55. The van der Waals surface area contributed by atoms with Gasteiger partial charge in [0.1, 0.15) is 16.5 Å². The topological polar surface area (TPSA) is 68.7 Å². The molecule has 6 rings (SSSR count). The molecule has 1 aliphatic carbocycles. The third-order valence-corrected chi connectivity index (χ3v) is 7.15. The van der Waals surface area contributed by atoms with Gasteiger partial charge in [-0.15, -0.1) is 11.3 Å². The van der Waals surface area contributed by atoms with Crippen LogP contribution in [0.5, 0.6) is 11.5 Å². The lowest BCUT2D eigenvalue weighted by Gasteiger charge is -2.25. The van der Waals surface area contributed by atoms with Gasteiger partial charge in [0, 0.05) is 29.7 Å². The third-order valence-electron chi connectivity index (χ3n) is 5.97. The fraction of sp³-hybridized carbons (Fsp3) is 0.455. The minimum atomic E-state index is 0.276. The van der Waals surface area contributed by atoms with Crippen molar-refractivity contribution in [2.24, 2.45) is 0 Å². The molecule has 8 heteroatoms. The van der Waals surface area contributed by atoms with Gasteiger partial charge in [-0.25, -0.2) is 9.97 Å². The smallest absolute Gasteiger partial charge is 0.231 e. The first-order valence-electron chi connectivity index (χ1n) is 10.6. The zero-order chi connectivity index (χ0) is 19.9. The summed E-state index contributed by atoms with van der Waals surface area (Å²) in [6, 6.07) is 5.94. The predicted octanol–water partition coefficient (Wildman–Crippen LogP) is 3.87. The first-order valence-corrected chi connectivity index (χ1v) is 11.4. The van der Waals surface area contributed by atoms with Crippen LogP contribution in [0.2, 0.25) is 0 Å². The number of thiophene rings is 1. The highest BCUT2D eigenvalue weighted by atomic mass is 32.1. The molecule has 1 saturated heterocycles. The number of rotatable bonds is 4. The summed E-state index contributed by atoms with van der Waals surface area (Å²) in [5.41, 5.74) is 2.38. The molecule has 2 aromatic heterocycles. The van der Waals surface area contributed by atoms with E-state index in [1.165, 1.54) is 28.7 Å². The molecule has 0 spiro atoms. The molecule has 1 aromatic carbocycles. The van der Waals surface area contributed by atoms with E-state index in [0.717, 1.165) is 79.3 Å². The summed E-state index contributed by atoms with van der Waals surface area (Å²) < 4.78 is 16.5. The van der Waals surface area contributed by atoms with Crippen molar-refractivity contribution >= 4 is 33.1 Å². The van der Waals surface area contributed by atoms with Gasteiger partial charge in [-0.3, -0.25) is 4.90 Å². The molecule has 3 aliphatic rings. The highest BCUT2D eigenvalue weighted by Crippen LogP contribution is 2.40. The Kier molecular flexibility index (Phi) is 4.70. The molecule has 156 valence electrons. The van der Waals surface area contributed by atoms with E-state index in [1.54, 1.807) is 0 Å². The summed E-state index contributed by atoms with van der Waals surface area (Å²) in [5, 5.41) is 4.76. The average molecular weight is 425 g/mol. The Morgan fingerprint density at radius 2 is 1.90 bits per heavy atom. The fourth-order valence-electron chi connectivity index (χ4n) is 4.43. The molecule has 30 heavy (non-hydrogen) atoms.